The van der Waals surface area contributed by atoms with Gasteiger partial charge in [-0.25, -0.2) is 4.79 Å². The normalized spacial score (nSPS) is 12.7. The van der Waals surface area contributed by atoms with Gasteiger partial charge in [0.1, 0.15) is 11.6 Å². The van der Waals surface area contributed by atoms with Crippen LogP contribution >= 0.6 is 0 Å². The van der Waals surface area contributed by atoms with E-state index in [1.54, 1.807) is 39.8 Å². The summed E-state index contributed by atoms with van der Waals surface area (Å²) >= 11 is 0. The molecular weight excluding hydrogens is 254 g/mol. The second kappa shape index (κ2) is 6.07. The van der Waals surface area contributed by atoms with Crippen LogP contribution in [0, 0.1) is 13.8 Å². The number of benzene rings is 1. The Morgan fingerprint density at radius 2 is 1.60 bits per heavy atom. The molecular formula is C16H23NO3. The molecule has 4 heteroatoms. The Balaban J connectivity index is 2.72. The molecule has 0 aromatic heterocycles. The molecule has 0 saturated heterocycles. The summed E-state index contributed by atoms with van der Waals surface area (Å²) in [7, 11) is 0. The molecule has 1 amide bonds. The van der Waals surface area contributed by atoms with Gasteiger partial charge >= 0.3 is 5.97 Å². The Bertz CT molecular complexity index is 495. The van der Waals surface area contributed by atoms with E-state index in [4.69, 9.17) is 4.74 Å². The first-order chi connectivity index (χ1) is 9.08. The minimum atomic E-state index is -0.678. The fourth-order valence-electron chi connectivity index (χ4n) is 1.83. The second-order valence-electron chi connectivity index (χ2n) is 6.11. The maximum absolute atomic E-state index is 12.1. The van der Waals surface area contributed by atoms with E-state index in [-0.39, 0.29) is 5.91 Å². The molecule has 0 heterocycles. The number of aryl methyl sites for hydroxylation is 2. The van der Waals surface area contributed by atoms with Crippen LogP contribution in [0.5, 0.6) is 0 Å². The molecule has 1 aromatic carbocycles. The number of rotatable bonds is 3. The van der Waals surface area contributed by atoms with Crippen molar-refractivity contribution < 1.29 is 14.3 Å². The van der Waals surface area contributed by atoms with Gasteiger partial charge in [0.05, 0.1) is 0 Å². The number of carbonyl (C=O) groups excluding carboxylic acids is 2. The zero-order valence-electron chi connectivity index (χ0n) is 13.0. The first-order valence-corrected chi connectivity index (χ1v) is 6.70. The van der Waals surface area contributed by atoms with E-state index < -0.39 is 17.6 Å². The molecule has 0 aliphatic heterocycles. The molecule has 110 valence electrons. The van der Waals surface area contributed by atoms with Crippen LogP contribution in [0.15, 0.2) is 18.2 Å². The molecule has 0 spiro atoms. The van der Waals surface area contributed by atoms with Crippen molar-refractivity contribution in [2.24, 2.45) is 0 Å². The maximum atomic E-state index is 12.1. The average molecular weight is 277 g/mol. The SMILES string of the molecule is Cc1cc(C)cc(C(=O)N[C@@H](C)C(=O)OC(C)(C)C)c1. The lowest BCUT2D eigenvalue weighted by molar-refractivity contribution is -0.156. The smallest absolute Gasteiger partial charge is 0.328 e. The Labute approximate surface area is 120 Å². The van der Waals surface area contributed by atoms with E-state index >= 15 is 0 Å². The zero-order chi connectivity index (χ0) is 15.5. The second-order valence-corrected chi connectivity index (χ2v) is 6.11. The van der Waals surface area contributed by atoms with Gasteiger partial charge in [-0.3, -0.25) is 4.79 Å². The summed E-state index contributed by atoms with van der Waals surface area (Å²) in [5.74, 6) is -0.703. The van der Waals surface area contributed by atoms with E-state index in [1.165, 1.54) is 0 Å². The van der Waals surface area contributed by atoms with Crippen molar-refractivity contribution >= 4 is 11.9 Å². The van der Waals surface area contributed by atoms with Crippen molar-refractivity contribution in [3.63, 3.8) is 0 Å². The molecule has 1 aromatic rings. The summed E-state index contributed by atoms with van der Waals surface area (Å²) in [6.45, 7) is 10.9. The minimum Gasteiger partial charge on any atom is -0.458 e. The van der Waals surface area contributed by atoms with Gasteiger partial charge in [-0.1, -0.05) is 17.2 Å². The summed E-state index contributed by atoms with van der Waals surface area (Å²) < 4.78 is 5.23. The number of hydrogen-bond acceptors (Lipinski definition) is 3. The summed E-state index contributed by atoms with van der Waals surface area (Å²) in [6.07, 6.45) is 0. The van der Waals surface area contributed by atoms with Crippen molar-refractivity contribution in [1.82, 2.24) is 5.32 Å². The zero-order valence-corrected chi connectivity index (χ0v) is 13.0. The molecule has 1 atom stereocenters. The molecule has 1 N–H and O–H groups in total. The highest BCUT2D eigenvalue weighted by Gasteiger charge is 2.23. The van der Waals surface area contributed by atoms with Gasteiger partial charge in [-0.05, 0) is 53.7 Å². The summed E-state index contributed by atoms with van der Waals surface area (Å²) in [5, 5.41) is 2.66. The first kappa shape index (κ1) is 16.2. The van der Waals surface area contributed by atoms with Crippen molar-refractivity contribution in [2.45, 2.75) is 53.2 Å². The van der Waals surface area contributed by atoms with Crippen LogP contribution in [0.4, 0.5) is 0 Å². The number of amides is 1. The molecule has 20 heavy (non-hydrogen) atoms. The molecule has 0 aliphatic carbocycles. The number of esters is 1. The topological polar surface area (TPSA) is 55.4 Å². The molecule has 0 aliphatic rings. The monoisotopic (exact) mass is 277 g/mol. The lowest BCUT2D eigenvalue weighted by Crippen LogP contribution is -2.42. The quantitative estimate of drug-likeness (QED) is 0.864. The van der Waals surface area contributed by atoms with Crippen molar-refractivity contribution in [1.29, 1.82) is 0 Å². The van der Waals surface area contributed by atoms with Crippen LogP contribution in [-0.4, -0.2) is 23.5 Å². The van der Waals surface area contributed by atoms with Gasteiger partial charge < -0.3 is 10.1 Å². The van der Waals surface area contributed by atoms with E-state index in [2.05, 4.69) is 5.32 Å². The highest BCUT2D eigenvalue weighted by atomic mass is 16.6. The summed E-state index contributed by atoms with van der Waals surface area (Å²) in [6, 6.07) is 4.91. The third-order valence-corrected chi connectivity index (χ3v) is 2.59. The lowest BCUT2D eigenvalue weighted by atomic mass is 10.1. The van der Waals surface area contributed by atoms with Crippen LogP contribution in [0.25, 0.3) is 0 Å². The maximum Gasteiger partial charge on any atom is 0.328 e. The van der Waals surface area contributed by atoms with Gasteiger partial charge in [0.2, 0.25) is 0 Å². The molecule has 0 bridgehead atoms. The third-order valence-electron chi connectivity index (χ3n) is 2.59. The molecule has 0 unspecified atom stereocenters. The molecule has 1 rings (SSSR count). The largest absolute Gasteiger partial charge is 0.458 e. The van der Waals surface area contributed by atoms with Crippen LogP contribution < -0.4 is 5.32 Å². The van der Waals surface area contributed by atoms with Gasteiger partial charge in [0.15, 0.2) is 0 Å². The van der Waals surface area contributed by atoms with Gasteiger partial charge in [0.25, 0.3) is 5.91 Å². The predicted molar refractivity (Wildman–Crippen MR) is 78.7 cm³/mol. The molecule has 0 fully saturated rings. The highest BCUT2D eigenvalue weighted by molar-refractivity contribution is 5.97. The van der Waals surface area contributed by atoms with Gasteiger partial charge in [-0.15, -0.1) is 0 Å². The third kappa shape index (κ3) is 5.03. The number of carbonyl (C=O) groups is 2. The Hall–Kier alpha value is -1.84. The molecule has 4 nitrogen and oxygen atoms in total. The van der Waals surface area contributed by atoms with Crippen molar-refractivity contribution in [2.75, 3.05) is 0 Å². The summed E-state index contributed by atoms with van der Waals surface area (Å²) in [5.41, 5.74) is 2.02. The molecule has 0 saturated carbocycles. The van der Waals surface area contributed by atoms with Crippen LogP contribution in [-0.2, 0) is 9.53 Å². The Kier molecular flexibility index (Phi) is 4.93. The fourth-order valence-corrected chi connectivity index (χ4v) is 1.83. The van der Waals surface area contributed by atoms with Crippen LogP contribution in [0.1, 0.15) is 49.2 Å². The molecule has 0 radical (unpaired) electrons. The van der Waals surface area contributed by atoms with Gasteiger partial charge in [-0.2, -0.15) is 0 Å². The standard InChI is InChI=1S/C16H23NO3/c1-10-7-11(2)9-13(8-10)14(18)17-12(3)15(19)20-16(4,5)6/h7-9,12H,1-6H3,(H,17,18)/t12-/m0/s1. The van der Waals surface area contributed by atoms with E-state index in [0.717, 1.165) is 11.1 Å². The first-order valence-electron chi connectivity index (χ1n) is 6.70. The Morgan fingerprint density at radius 3 is 2.05 bits per heavy atom. The van der Waals surface area contributed by atoms with Crippen LogP contribution in [0.3, 0.4) is 0 Å². The number of hydrogen-bond donors (Lipinski definition) is 1. The predicted octanol–water partition coefficient (Wildman–Crippen LogP) is 2.76. The van der Waals surface area contributed by atoms with E-state index in [0.29, 0.717) is 5.56 Å². The van der Waals surface area contributed by atoms with Crippen LogP contribution in [0.2, 0.25) is 0 Å². The lowest BCUT2D eigenvalue weighted by Gasteiger charge is -2.22. The van der Waals surface area contributed by atoms with Crippen molar-refractivity contribution in [3.05, 3.63) is 34.9 Å². The van der Waals surface area contributed by atoms with Gasteiger partial charge in [0, 0.05) is 5.56 Å². The number of ether oxygens (including phenoxy) is 1. The fraction of sp³-hybridized carbons (Fsp3) is 0.500. The van der Waals surface area contributed by atoms with E-state index in [1.807, 2.05) is 19.9 Å². The highest BCUT2D eigenvalue weighted by Crippen LogP contribution is 2.11. The Morgan fingerprint density at radius 1 is 1.10 bits per heavy atom. The summed E-state index contributed by atoms with van der Waals surface area (Å²) in [4.78, 5) is 23.9. The van der Waals surface area contributed by atoms with E-state index in [9.17, 15) is 9.59 Å². The van der Waals surface area contributed by atoms with Crippen molar-refractivity contribution in [3.8, 4) is 0 Å². The average Bonchev–Trinajstić information content (AvgIpc) is 2.25. The minimum absolute atomic E-state index is 0.268. The number of nitrogens with one attached hydrogen (secondary N) is 1.